The van der Waals surface area contributed by atoms with E-state index in [-0.39, 0.29) is 16.1 Å². The molecule has 0 bridgehead atoms. The molecule has 0 spiro atoms. The number of nitrogens with zero attached hydrogens (tertiary/aromatic N) is 4. The van der Waals surface area contributed by atoms with Gasteiger partial charge in [-0.15, -0.1) is 0 Å². The molecule has 0 radical (unpaired) electrons. The van der Waals surface area contributed by atoms with Crippen LogP contribution in [0.5, 0.6) is 0 Å². The van der Waals surface area contributed by atoms with Gasteiger partial charge in [-0.3, -0.25) is 14.1 Å². The van der Waals surface area contributed by atoms with Crippen molar-refractivity contribution >= 4 is 38.5 Å². The van der Waals surface area contributed by atoms with Gasteiger partial charge in [-0.25, -0.2) is 19.2 Å². The molecule has 3 heterocycles. The van der Waals surface area contributed by atoms with E-state index in [9.17, 15) is 27.2 Å². The molecule has 13 heteroatoms. The molecule has 3 amide bonds. The number of hydrogen-bond acceptors (Lipinski definition) is 7. The molecule has 6 rings (SSSR count). The summed E-state index contributed by atoms with van der Waals surface area (Å²) < 4.78 is 44.4. The van der Waals surface area contributed by atoms with E-state index in [2.05, 4.69) is 15.1 Å². The number of H-pyrrole nitrogens is 1. The van der Waals surface area contributed by atoms with Crippen molar-refractivity contribution in [2.45, 2.75) is 44.0 Å². The monoisotopic (exact) mass is 635 g/mol. The van der Waals surface area contributed by atoms with Crippen molar-refractivity contribution in [2.75, 3.05) is 31.1 Å². The molecule has 0 saturated carbocycles. The zero-order chi connectivity index (χ0) is 32.3. The SMILES string of the molecule is CC1C(=O)N(c2cc(Cc3n[nH]c(=O)c4ccccc34)ccc2F)C(=O)N1CCN1CCCC1.Cc1ccc(S(=O)(=O)O)cc1. The fraction of sp³-hybridized carbons (Fsp3) is 0.312. The summed E-state index contributed by atoms with van der Waals surface area (Å²) in [6, 6.07) is 16.3. The third-order valence-corrected chi connectivity index (χ3v) is 8.92. The quantitative estimate of drug-likeness (QED) is 0.228. The largest absolute Gasteiger partial charge is 0.332 e. The molecule has 3 aromatic carbocycles. The number of rotatable bonds is 7. The number of carbonyl (C=O) groups excluding carboxylic acids is 2. The third kappa shape index (κ3) is 7.11. The molecule has 2 aliphatic heterocycles. The van der Waals surface area contributed by atoms with Crippen molar-refractivity contribution in [3.05, 3.63) is 99.7 Å². The number of halogens is 1. The van der Waals surface area contributed by atoms with E-state index in [1.165, 1.54) is 29.2 Å². The number of anilines is 1. The number of nitrogens with one attached hydrogen (secondary N) is 1. The van der Waals surface area contributed by atoms with E-state index >= 15 is 0 Å². The number of imide groups is 1. The molecule has 11 nitrogen and oxygen atoms in total. The highest BCUT2D eigenvalue weighted by Crippen LogP contribution is 2.30. The molecule has 1 unspecified atom stereocenters. The van der Waals surface area contributed by atoms with Crippen LogP contribution in [0.1, 0.15) is 36.6 Å². The molecule has 0 aliphatic carbocycles. The van der Waals surface area contributed by atoms with Gasteiger partial charge in [0.2, 0.25) is 0 Å². The predicted octanol–water partition coefficient (Wildman–Crippen LogP) is 4.15. The number of carbonyl (C=O) groups is 2. The normalized spacial score (nSPS) is 17.2. The van der Waals surface area contributed by atoms with Gasteiger partial charge in [-0.05, 0) is 75.7 Å². The van der Waals surface area contributed by atoms with E-state index in [0.717, 1.165) is 36.4 Å². The second-order valence-corrected chi connectivity index (χ2v) is 12.6. The molecular formula is C32H34FN5O6S. The standard InChI is InChI=1S/C25H26FN5O3.C7H8O3S/c1-16-24(33)31(25(34)30(16)13-12-29-10-4-5-11-29)22-15-17(8-9-20(22)26)14-21-18-6-2-3-7-19(18)23(32)28-27-21;1-6-2-4-7(5-3-6)11(8,9)10/h2-3,6-9,15-16H,4-5,10-14H2,1H3,(H,28,32);2-5H,1H3,(H,8,9,10). The number of amides is 3. The minimum atomic E-state index is -4.02. The first-order valence-electron chi connectivity index (χ1n) is 14.6. The van der Waals surface area contributed by atoms with Crippen LogP contribution in [-0.4, -0.2) is 77.1 Å². The minimum Gasteiger partial charge on any atom is -0.311 e. The molecule has 2 saturated heterocycles. The molecule has 236 valence electrons. The van der Waals surface area contributed by atoms with Crippen molar-refractivity contribution in [2.24, 2.45) is 0 Å². The Morgan fingerprint density at radius 2 is 1.62 bits per heavy atom. The highest BCUT2D eigenvalue weighted by molar-refractivity contribution is 7.85. The Hall–Kier alpha value is -4.46. The lowest BCUT2D eigenvalue weighted by Gasteiger charge is -2.23. The second kappa shape index (κ2) is 13.3. The minimum absolute atomic E-state index is 0.0586. The Kier molecular flexibility index (Phi) is 9.42. The van der Waals surface area contributed by atoms with Crippen molar-refractivity contribution in [1.82, 2.24) is 20.0 Å². The lowest BCUT2D eigenvalue weighted by Crippen LogP contribution is -2.39. The summed E-state index contributed by atoms with van der Waals surface area (Å²) in [5.74, 6) is -1.08. The van der Waals surface area contributed by atoms with E-state index in [4.69, 9.17) is 4.55 Å². The topological polar surface area (TPSA) is 144 Å². The van der Waals surface area contributed by atoms with E-state index in [1.807, 2.05) is 19.1 Å². The van der Waals surface area contributed by atoms with Gasteiger partial charge in [-0.1, -0.05) is 42.0 Å². The van der Waals surface area contributed by atoms with Gasteiger partial charge in [0.15, 0.2) is 0 Å². The number of benzene rings is 3. The number of hydrogen-bond donors (Lipinski definition) is 2. The highest BCUT2D eigenvalue weighted by Gasteiger charge is 2.44. The Morgan fingerprint density at radius 1 is 0.956 bits per heavy atom. The maximum Gasteiger partial charge on any atom is 0.332 e. The zero-order valence-corrected chi connectivity index (χ0v) is 25.8. The number of urea groups is 1. The molecule has 45 heavy (non-hydrogen) atoms. The Bertz CT molecular complexity index is 1890. The summed E-state index contributed by atoms with van der Waals surface area (Å²) in [4.78, 5) is 42.9. The average molecular weight is 636 g/mol. The van der Waals surface area contributed by atoms with Crippen LogP contribution in [0, 0.1) is 12.7 Å². The fourth-order valence-electron chi connectivity index (χ4n) is 5.52. The first kappa shape index (κ1) is 31.9. The van der Waals surface area contributed by atoms with Gasteiger partial charge in [0.05, 0.1) is 21.7 Å². The molecule has 2 aliphatic rings. The van der Waals surface area contributed by atoms with Gasteiger partial charge < -0.3 is 9.80 Å². The van der Waals surface area contributed by atoms with Crippen molar-refractivity contribution < 1.29 is 27.0 Å². The van der Waals surface area contributed by atoms with Gasteiger partial charge in [0.1, 0.15) is 11.9 Å². The summed E-state index contributed by atoms with van der Waals surface area (Å²) in [5.41, 5.74) is 1.90. The molecule has 1 atom stereocenters. The average Bonchev–Trinajstić information content (AvgIpc) is 3.61. The number of fused-ring (bicyclic) bond motifs is 1. The van der Waals surface area contributed by atoms with Crippen LogP contribution in [0.4, 0.5) is 14.9 Å². The van der Waals surface area contributed by atoms with Crippen LogP contribution in [0.2, 0.25) is 0 Å². The smallest absolute Gasteiger partial charge is 0.311 e. The number of aryl methyl sites for hydroxylation is 1. The lowest BCUT2D eigenvalue weighted by atomic mass is 10.0. The van der Waals surface area contributed by atoms with Crippen LogP contribution < -0.4 is 10.5 Å². The maximum atomic E-state index is 14.9. The molecule has 4 aromatic rings. The third-order valence-electron chi connectivity index (χ3n) is 8.05. The summed E-state index contributed by atoms with van der Waals surface area (Å²) in [6.45, 7) is 6.65. The molecule has 1 aromatic heterocycles. The zero-order valence-electron chi connectivity index (χ0n) is 24.9. The summed E-state index contributed by atoms with van der Waals surface area (Å²) in [7, 11) is -4.02. The lowest BCUT2D eigenvalue weighted by molar-refractivity contribution is -0.119. The van der Waals surface area contributed by atoms with Gasteiger partial charge in [0, 0.05) is 24.9 Å². The van der Waals surface area contributed by atoms with Crippen LogP contribution in [0.15, 0.2) is 76.4 Å². The van der Waals surface area contributed by atoms with Crippen molar-refractivity contribution in [3.63, 3.8) is 0 Å². The fourth-order valence-corrected chi connectivity index (χ4v) is 6.00. The summed E-state index contributed by atoms with van der Waals surface area (Å²) in [6.07, 6.45) is 2.59. The second-order valence-electron chi connectivity index (χ2n) is 11.2. The van der Waals surface area contributed by atoms with Crippen molar-refractivity contribution in [3.8, 4) is 0 Å². The highest BCUT2D eigenvalue weighted by atomic mass is 32.2. The maximum absolute atomic E-state index is 14.9. The molecule has 2 fully saturated rings. The predicted molar refractivity (Wildman–Crippen MR) is 167 cm³/mol. The van der Waals surface area contributed by atoms with Crippen LogP contribution in [-0.2, 0) is 21.3 Å². The van der Waals surface area contributed by atoms with E-state index < -0.39 is 33.9 Å². The molecular weight excluding hydrogens is 601 g/mol. The van der Waals surface area contributed by atoms with Crippen LogP contribution in [0.25, 0.3) is 10.8 Å². The molecule has 2 N–H and O–H groups in total. The number of aromatic amines is 1. The van der Waals surface area contributed by atoms with Crippen molar-refractivity contribution in [1.29, 1.82) is 0 Å². The van der Waals surface area contributed by atoms with Gasteiger partial charge >= 0.3 is 6.03 Å². The first-order chi connectivity index (χ1) is 21.4. The summed E-state index contributed by atoms with van der Waals surface area (Å²) >= 11 is 0. The van der Waals surface area contributed by atoms with E-state index in [0.29, 0.717) is 41.5 Å². The Labute approximate surface area is 260 Å². The van der Waals surface area contributed by atoms with Gasteiger partial charge in [0.25, 0.3) is 21.6 Å². The van der Waals surface area contributed by atoms with E-state index in [1.54, 1.807) is 37.3 Å². The number of likely N-dealkylation sites (tertiary alicyclic amines) is 1. The van der Waals surface area contributed by atoms with Crippen LogP contribution in [0.3, 0.4) is 0 Å². The Morgan fingerprint density at radius 3 is 2.29 bits per heavy atom. The Balaban J connectivity index is 0.000000309. The van der Waals surface area contributed by atoms with Crippen LogP contribution >= 0.6 is 0 Å². The first-order valence-corrected chi connectivity index (χ1v) is 16.0. The van der Waals surface area contributed by atoms with Gasteiger partial charge in [-0.2, -0.15) is 13.5 Å². The number of aromatic nitrogens is 2. The summed E-state index contributed by atoms with van der Waals surface area (Å²) in [5, 5.41) is 7.89.